The fraction of sp³-hybridized carbons (Fsp3) is 0.850. The number of hydrogen-bond donors (Lipinski definition) is 3. The van der Waals surface area contributed by atoms with Crippen LogP contribution in [0.2, 0.25) is 0 Å². The predicted molar refractivity (Wildman–Crippen MR) is 220 cm³/mol. The Hall–Kier alpha value is 1.03. The first-order valence-corrected chi connectivity index (χ1v) is 24.9. The van der Waals surface area contributed by atoms with Crippen LogP contribution in [0.3, 0.4) is 0 Å². The van der Waals surface area contributed by atoms with Gasteiger partial charge in [-0.15, -0.1) is 0 Å². The summed E-state index contributed by atoms with van der Waals surface area (Å²) in [5.41, 5.74) is 4.54. The molecule has 22 heteroatoms. The normalized spacial score (nSPS) is 19.7. The molecule has 0 aromatic carbocycles. The Morgan fingerprint density at radius 1 is 0.742 bits per heavy atom. The second-order valence-electron chi connectivity index (χ2n) is 15.5. The van der Waals surface area contributed by atoms with Crippen LogP contribution in [-0.2, 0) is 46.3 Å². The van der Waals surface area contributed by atoms with Crippen LogP contribution in [0.1, 0.15) is 174 Å². The molecule has 1 saturated heterocycles. The number of phosphoric ester groups is 2. The van der Waals surface area contributed by atoms with Gasteiger partial charge in [0.2, 0.25) is 0 Å². The van der Waals surface area contributed by atoms with Gasteiger partial charge in [0.05, 0.1) is 13.2 Å². The molecule has 0 saturated carbocycles. The van der Waals surface area contributed by atoms with E-state index in [1.807, 2.05) is 0 Å². The first-order chi connectivity index (χ1) is 28.7. The number of ether oxygens (including phenoxy) is 3. The van der Waals surface area contributed by atoms with Gasteiger partial charge in [0.25, 0.3) is 15.6 Å². The molecule has 2 heterocycles. The molecular formula is C40H71K2N3O15P2. The average molecular weight is 974 g/mol. The molecule has 62 heavy (non-hydrogen) atoms. The van der Waals surface area contributed by atoms with E-state index in [0.717, 1.165) is 62.1 Å². The van der Waals surface area contributed by atoms with Gasteiger partial charge in [-0.25, -0.2) is 9.11 Å². The van der Waals surface area contributed by atoms with Crippen molar-refractivity contribution in [3.8, 4) is 0 Å². The summed E-state index contributed by atoms with van der Waals surface area (Å²) in [6.45, 7) is 1.88. The Kier molecular flexibility index (Phi) is 37.6. The number of aromatic nitrogens is 2. The maximum atomic E-state index is 12.7. The Bertz CT molecular complexity index is 1510. The molecule has 18 nitrogen and oxygen atoms in total. The number of phosphoric acid groups is 2. The number of unbranched alkanes of at least 4 members (excludes halogenated alkanes) is 20. The summed E-state index contributed by atoms with van der Waals surface area (Å²) in [4.78, 5) is 66.0. The van der Waals surface area contributed by atoms with E-state index >= 15 is 0 Å². The Morgan fingerprint density at radius 3 is 1.68 bits per heavy atom. The van der Waals surface area contributed by atoms with Gasteiger partial charge in [-0.2, -0.15) is 4.98 Å². The van der Waals surface area contributed by atoms with Crippen LogP contribution in [0, 0.1) is 0 Å². The Morgan fingerprint density at radius 2 is 1.19 bits per heavy atom. The van der Waals surface area contributed by atoms with Crippen LogP contribution in [0.15, 0.2) is 17.1 Å². The van der Waals surface area contributed by atoms with Gasteiger partial charge in [-0.3, -0.25) is 23.3 Å². The van der Waals surface area contributed by atoms with Crippen molar-refractivity contribution in [3.05, 3.63) is 22.7 Å². The molecule has 0 amide bonds. The number of esters is 2. The number of hydrogen-bond acceptors (Lipinski definition) is 17. The van der Waals surface area contributed by atoms with Gasteiger partial charge < -0.3 is 49.0 Å². The van der Waals surface area contributed by atoms with Gasteiger partial charge in [0, 0.05) is 19.0 Å². The van der Waals surface area contributed by atoms with Crippen molar-refractivity contribution in [1.82, 2.24) is 9.55 Å². The molecule has 0 radical (unpaired) electrons. The molecule has 0 bridgehead atoms. The van der Waals surface area contributed by atoms with Crippen molar-refractivity contribution < 1.29 is 169 Å². The van der Waals surface area contributed by atoms with Gasteiger partial charge in [-0.1, -0.05) is 142 Å². The van der Waals surface area contributed by atoms with Gasteiger partial charge in [-0.05, 0) is 18.9 Å². The molecule has 1 fully saturated rings. The number of rotatable bonds is 36. The zero-order valence-corrected chi connectivity index (χ0v) is 45.7. The quantitative estimate of drug-likeness (QED) is 0.0353. The molecule has 4 N–H and O–H groups in total. The smallest absolute Gasteiger partial charge is 0.756 e. The van der Waals surface area contributed by atoms with E-state index in [-0.39, 0.29) is 121 Å². The fourth-order valence-electron chi connectivity index (χ4n) is 6.71. The maximum absolute atomic E-state index is 12.7. The van der Waals surface area contributed by atoms with Crippen LogP contribution >= 0.6 is 15.6 Å². The third-order valence-corrected chi connectivity index (χ3v) is 12.7. The summed E-state index contributed by atoms with van der Waals surface area (Å²) in [6.07, 6.45) is 17.3. The number of nitrogen functional groups attached to an aromatic ring is 1. The molecule has 1 aliphatic rings. The number of carbonyl (C=O) groups excluding carboxylic acids is 2. The first kappa shape index (κ1) is 63.0. The SMILES string of the molecule is CCCCCCCCCCCCCC(=O)OC[C@H](COP(=O)([O-])OP(=O)([O-])OC[C@H]1O[C@@H](n2ccc(N)nc2=O)[C@H](O)[C@@H]1O)OC(=O)CCCCCCCCCCCCC.[K+].[K+]. The van der Waals surface area contributed by atoms with Crippen LogP contribution in [0.4, 0.5) is 5.82 Å². The van der Waals surface area contributed by atoms with Crippen LogP contribution < -0.4 is 124 Å². The van der Waals surface area contributed by atoms with Crippen LogP contribution in [0.25, 0.3) is 0 Å². The summed E-state index contributed by atoms with van der Waals surface area (Å²) >= 11 is 0. The van der Waals surface area contributed by atoms with E-state index in [2.05, 4.69) is 27.7 Å². The topological polar surface area (TPSA) is 271 Å². The fourth-order valence-corrected chi connectivity index (χ4v) is 8.75. The second kappa shape index (κ2) is 37.0. The monoisotopic (exact) mass is 973 g/mol. The van der Waals surface area contributed by atoms with Crippen LogP contribution in [-0.4, -0.2) is 75.9 Å². The number of anilines is 1. The Balaban J connectivity index is 0.0000186. The number of aliphatic hydroxyl groups excluding tert-OH is 2. The summed E-state index contributed by atoms with van der Waals surface area (Å²) in [5, 5.41) is 20.8. The summed E-state index contributed by atoms with van der Waals surface area (Å²) in [5.74, 6) is -1.36. The molecule has 2 unspecified atom stereocenters. The van der Waals surface area contributed by atoms with Crippen molar-refractivity contribution in [2.45, 2.75) is 199 Å². The standard InChI is InChI=1S/C40H73N3O15P2.2K/c1-3-5-7-9-11-13-15-17-19-21-23-25-35(44)53-29-32(56-36(45)26-24-22-20-18-16-14-12-10-8-6-4-2)30-54-59(49,50)58-60(51,52)55-31-33-37(46)38(47)39(57-33)43-28-27-34(41)42-40(43)48;;/h27-28,32-33,37-39,46-47H,3-26,29-31H2,1-2H3,(H,49,50)(H,51,52)(H2,41,42,48);;/q;2*+1/p-2/t32-,33-,37-,38-,39-;;/m1../s1. The molecule has 2 rings (SSSR count). The van der Waals surface area contributed by atoms with Gasteiger partial charge >= 0.3 is 120 Å². The van der Waals surface area contributed by atoms with Crippen molar-refractivity contribution >= 4 is 33.4 Å². The van der Waals surface area contributed by atoms with Crippen LogP contribution in [0.5, 0.6) is 0 Å². The zero-order valence-electron chi connectivity index (χ0n) is 37.7. The van der Waals surface area contributed by atoms with Gasteiger partial charge in [0.15, 0.2) is 12.3 Å². The first-order valence-electron chi connectivity index (χ1n) is 22.0. The number of carbonyl (C=O) groups is 2. The van der Waals surface area contributed by atoms with Crippen molar-refractivity contribution in [1.29, 1.82) is 0 Å². The number of aliphatic hydroxyl groups is 2. The third kappa shape index (κ3) is 29.0. The molecule has 1 aromatic heterocycles. The van der Waals surface area contributed by atoms with Crippen molar-refractivity contribution in [3.63, 3.8) is 0 Å². The van der Waals surface area contributed by atoms with E-state index in [1.54, 1.807) is 0 Å². The average Bonchev–Trinajstić information content (AvgIpc) is 3.47. The molecule has 7 atom stereocenters. The summed E-state index contributed by atoms with van der Waals surface area (Å²) in [6, 6.07) is 1.23. The summed E-state index contributed by atoms with van der Waals surface area (Å²) in [7, 11) is -11.4. The molecule has 0 aliphatic carbocycles. The van der Waals surface area contributed by atoms with E-state index in [4.69, 9.17) is 24.5 Å². The molecule has 1 aromatic rings. The van der Waals surface area contributed by atoms with Crippen molar-refractivity contribution in [2.24, 2.45) is 0 Å². The third-order valence-electron chi connectivity index (χ3n) is 10.2. The van der Waals surface area contributed by atoms with E-state index in [9.17, 15) is 43.5 Å². The van der Waals surface area contributed by atoms with Gasteiger partial charge in [0.1, 0.15) is 30.7 Å². The zero-order chi connectivity index (χ0) is 44.2. The minimum atomic E-state index is -5.72. The minimum Gasteiger partial charge on any atom is -0.756 e. The Labute approximate surface area is 453 Å². The second-order valence-corrected chi connectivity index (χ2v) is 18.5. The van der Waals surface area contributed by atoms with E-state index < -0.39 is 83.7 Å². The van der Waals surface area contributed by atoms with E-state index in [0.29, 0.717) is 12.8 Å². The molecule has 1 aliphatic heterocycles. The largest absolute Gasteiger partial charge is 1.00 e. The number of nitrogens with zero attached hydrogens (tertiary/aromatic N) is 2. The molecule has 0 spiro atoms. The maximum Gasteiger partial charge on any atom is 1.00 e. The molecular weight excluding hydrogens is 903 g/mol. The molecule has 348 valence electrons. The number of nitrogens with two attached hydrogens (primary N) is 1. The van der Waals surface area contributed by atoms with Crippen molar-refractivity contribution in [2.75, 3.05) is 25.6 Å². The van der Waals surface area contributed by atoms with E-state index in [1.165, 1.54) is 83.1 Å². The summed E-state index contributed by atoms with van der Waals surface area (Å²) < 4.78 is 55.5. The predicted octanol–water partition coefficient (Wildman–Crippen LogP) is 0.297. The minimum absolute atomic E-state index is 0.